The van der Waals surface area contributed by atoms with Crippen LogP contribution in [-0.4, -0.2) is 247 Å². The van der Waals surface area contributed by atoms with Crippen molar-refractivity contribution in [1.82, 2.24) is 82.1 Å². The second-order valence-electron chi connectivity index (χ2n) is 38.0. The van der Waals surface area contributed by atoms with Gasteiger partial charge in [-0.3, -0.25) is 72.8 Å². The number of nitrogens with one attached hydrogen (secondary N) is 12. The zero-order chi connectivity index (χ0) is 107. The predicted octanol–water partition coefficient (Wildman–Crippen LogP) is 13.2. The van der Waals surface area contributed by atoms with Crippen LogP contribution in [-0.2, 0) is 58.7 Å². The summed E-state index contributed by atoms with van der Waals surface area (Å²) in [6.07, 6.45) is -4.85. The van der Waals surface area contributed by atoms with E-state index >= 15 is 0 Å². The van der Waals surface area contributed by atoms with Gasteiger partial charge in [0, 0.05) is 152 Å². The third-order valence-electron chi connectivity index (χ3n) is 27.4. The first kappa shape index (κ1) is 113. The van der Waals surface area contributed by atoms with Crippen LogP contribution in [0.2, 0.25) is 0 Å². The first-order valence-electron chi connectivity index (χ1n) is 48.6. The van der Waals surface area contributed by atoms with E-state index in [4.69, 9.17) is 5.26 Å². The van der Waals surface area contributed by atoms with Crippen molar-refractivity contribution in [2.45, 2.75) is 206 Å². The Morgan fingerprint density at radius 2 is 0.570 bits per heavy atom. The highest BCUT2D eigenvalue weighted by atomic mass is 32.2. The van der Waals surface area contributed by atoms with Crippen LogP contribution in [0.15, 0.2) is 170 Å². The van der Waals surface area contributed by atoms with E-state index in [0.717, 1.165) is 225 Å². The molecule has 8 aliphatic rings. The van der Waals surface area contributed by atoms with Gasteiger partial charge in [0.05, 0.1) is 78.9 Å². The van der Waals surface area contributed by atoms with Crippen molar-refractivity contribution in [3.63, 3.8) is 0 Å². The maximum atomic E-state index is 12.8. The standard InChI is InChI=1S/C26H27F6N5O3.C25H27F3N6O2.C25H30F3N5O4S.C25H30F3N5O2/c27-25(28,29)17-4-1-3-16(11-17)23(39)33-12-22(38)34-18-13-37(14-18)19-9-7-15(8-10-19)20-5-2-6-21(35-20)36-24(40)26(30,31)32;26-25(27,28)18-4-1-3-17(11-18)24(36)30-12-23(35)32-19-13-34(14-19)20-9-7-16(8-10-20)21-5-2-6-22(33-21)31-15-29;1-38(36,37)32-22-7-3-6-21(31-22)16-8-10-20(11-9-16)33-14-19(15-33)30-23(34)13-29-24(35)17-4-2-5-18(12-17)25(26,27)28;1-29-22-7-3-6-21(32-22)16-8-10-20(11-9-16)33-14-19(15-33)31-23(34)13-30-24(35)17-4-2-5-18(12-17)25(26,27)28/h1-6,11,15,18-19H,7-10,12-14H2,(H,33,39)(H,34,38)(H,35,36,40);1-6,11,16,19-20H,7-10,12-14H2,(H,30,36)(H,31,33)(H,32,35);2-7,12,16,19-20H,8-11,13-15H2,1H3,(H,29,35)(H,30,34)(H,31,32);2-7,12,16,19-20H,8-11,13-15H2,1H3,(H,29,32)(H,30,35)(H,31,34). The molecule has 0 spiro atoms. The largest absolute Gasteiger partial charge is 0.471 e. The summed E-state index contributed by atoms with van der Waals surface area (Å²) >= 11 is 0. The van der Waals surface area contributed by atoms with E-state index in [9.17, 15) is 117 Å². The van der Waals surface area contributed by atoms with Crippen molar-refractivity contribution in [3.8, 4) is 6.19 Å². The summed E-state index contributed by atoms with van der Waals surface area (Å²) in [6.45, 7) is 4.29. The van der Waals surface area contributed by atoms with E-state index in [1.54, 1.807) is 35.6 Å². The number of benzene rings is 4. The van der Waals surface area contributed by atoms with Gasteiger partial charge in [-0.1, -0.05) is 48.5 Å². The molecule has 0 bridgehead atoms. The molecule has 4 aliphatic heterocycles. The molecule has 48 heteroatoms. The van der Waals surface area contributed by atoms with Crippen molar-refractivity contribution in [2.75, 3.05) is 113 Å². The lowest BCUT2D eigenvalue weighted by atomic mass is 9.82. The zero-order valence-electron chi connectivity index (χ0n) is 81.0. The Kier molecular flexibility index (Phi) is 37.8. The maximum absolute atomic E-state index is 12.8. The number of hydrogen-bond donors (Lipinski definition) is 12. The third-order valence-corrected chi connectivity index (χ3v) is 28.0. The monoisotopic (exact) mass is 2110 g/mol. The average molecular weight is 2120 g/mol. The van der Waals surface area contributed by atoms with Crippen molar-refractivity contribution in [1.29, 1.82) is 5.26 Å². The number of carbonyl (C=O) groups excluding carboxylic acids is 9. The smallest absolute Gasteiger partial charge is 0.373 e. The van der Waals surface area contributed by atoms with Crippen LogP contribution in [0.4, 0.5) is 89.1 Å². The molecule has 9 amide bonds. The van der Waals surface area contributed by atoms with Crippen LogP contribution >= 0.6 is 0 Å². The Balaban J connectivity index is 0.000000166. The number of pyridine rings is 4. The Bertz CT molecular complexity index is 6160. The fourth-order valence-electron chi connectivity index (χ4n) is 19.6. The van der Waals surface area contributed by atoms with Crippen LogP contribution in [0.3, 0.4) is 0 Å². The number of rotatable bonds is 29. The van der Waals surface area contributed by atoms with Gasteiger partial charge >= 0.3 is 36.8 Å². The fraction of sp³-hybridized carbons (Fsp3) is 0.465. The summed E-state index contributed by atoms with van der Waals surface area (Å²) in [5, 5.41) is 37.1. The first-order valence-corrected chi connectivity index (χ1v) is 50.5. The molecule has 4 aromatic carbocycles. The lowest BCUT2D eigenvalue weighted by Gasteiger charge is -2.46. The van der Waals surface area contributed by atoms with Gasteiger partial charge in [-0.15, -0.1) is 0 Å². The molecule has 4 aromatic heterocycles. The highest BCUT2D eigenvalue weighted by Gasteiger charge is 2.44. The van der Waals surface area contributed by atoms with E-state index in [0.29, 0.717) is 73.5 Å². The van der Waals surface area contributed by atoms with Crippen molar-refractivity contribution < 1.29 is 117 Å². The van der Waals surface area contributed by atoms with Crippen LogP contribution in [0.25, 0.3) is 0 Å². The van der Waals surface area contributed by atoms with Crippen LogP contribution in [0.5, 0.6) is 0 Å². The molecule has 0 radical (unpaired) electrons. The number of aromatic nitrogens is 4. The zero-order valence-corrected chi connectivity index (χ0v) is 81.8. The minimum absolute atomic E-state index is 0.0136. The lowest BCUT2D eigenvalue weighted by Crippen LogP contribution is -2.63. The molecule has 4 saturated carbocycles. The van der Waals surface area contributed by atoms with Gasteiger partial charge < -0.3 is 53.2 Å². The molecule has 12 N–H and O–H groups in total. The van der Waals surface area contributed by atoms with E-state index in [1.807, 2.05) is 43.6 Å². The number of nitrogens with zero attached hydrogens (tertiary/aromatic N) is 9. The molecule has 800 valence electrons. The van der Waals surface area contributed by atoms with Gasteiger partial charge in [-0.2, -0.15) is 71.1 Å². The van der Waals surface area contributed by atoms with E-state index < -0.39 is 105 Å². The van der Waals surface area contributed by atoms with E-state index in [2.05, 4.69) is 103 Å². The number of alkyl halides is 15. The normalized spacial score (nSPS) is 20.7. The Morgan fingerprint density at radius 1 is 0.336 bits per heavy atom. The predicted molar refractivity (Wildman–Crippen MR) is 518 cm³/mol. The van der Waals surface area contributed by atoms with Crippen LogP contribution < -0.4 is 63.2 Å². The molecule has 0 unspecified atom stereocenters. The Morgan fingerprint density at radius 3 is 0.819 bits per heavy atom. The number of likely N-dealkylation sites (tertiary alicyclic amines) is 4. The summed E-state index contributed by atoms with van der Waals surface area (Å²) in [6, 6.07) is 39.3. The molecule has 8 aromatic rings. The topological polar surface area (TPSA) is 420 Å². The molecule has 149 heavy (non-hydrogen) atoms. The molecule has 8 fully saturated rings. The van der Waals surface area contributed by atoms with Gasteiger partial charge in [-0.05, 0) is 224 Å². The third kappa shape index (κ3) is 33.2. The maximum Gasteiger partial charge on any atom is 0.471 e. The van der Waals surface area contributed by atoms with Gasteiger partial charge in [0.1, 0.15) is 23.3 Å². The fourth-order valence-corrected chi connectivity index (χ4v) is 20.0. The Hall–Kier alpha value is -13.7. The SMILES string of the molecule is CNc1cccc(C2CCC(N3CC(NC(=O)CNC(=O)c4cccc(C(F)(F)F)c4)C3)CC2)n1.CS(=O)(=O)Nc1cccc(C2CCC(N3CC(NC(=O)CNC(=O)c4cccc(C(F)(F)F)c4)C3)CC2)n1.N#CNc1cccc(C2CCC(N3CC(NC(=O)CNC(=O)c4cccc(C(F)(F)F)c4)C3)CC2)n1.O=C(CNC(=O)c1cccc(C(F)(F)F)c1)NC1CN(C2CCC(c3cccc(NC(=O)C(F)(F)F)n3)CC2)C1. The van der Waals surface area contributed by atoms with Crippen LogP contribution in [0.1, 0.15) is 213 Å². The van der Waals surface area contributed by atoms with Gasteiger partial charge in [0.15, 0.2) is 6.19 Å². The second kappa shape index (κ2) is 50.1. The number of amides is 9. The number of halogens is 15. The lowest BCUT2D eigenvalue weighted by molar-refractivity contribution is -0.167. The van der Waals surface area contributed by atoms with Gasteiger partial charge in [-0.25, -0.2) is 28.4 Å². The highest BCUT2D eigenvalue weighted by molar-refractivity contribution is 7.92. The molecule has 0 atom stereocenters. The average Bonchev–Trinajstić information content (AvgIpc) is 0.817. The Labute approximate surface area is 848 Å². The summed E-state index contributed by atoms with van der Waals surface area (Å²) in [5.74, 6) is -3.86. The molecule has 4 aliphatic carbocycles. The summed E-state index contributed by atoms with van der Waals surface area (Å²) in [5.41, 5.74) is -0.697. The minimum atomic E-state index is -5.00. The molecular formula is C101H114F15N21O11S. The highest BCUT2D eigenvalue weighted by Crippen LogP contribution is 2.43. The summed E-state index contributed by atoms with van der Waals surface area (Å²) < 4.78 is 217. The molecule has 32 nitrogen and oxygen atoms in total. The summed E-state index contributed by atoms with van der Waals surface area (Å²) in [4.78, 5) is 136. The molecular weight excluding hydrogens is 2000 g/mol. The minimum Gasteiger partial charge on any atom is -0.373 e. The number of nitriles is 1. The van der Waals surface area contributed by atoms with Crippen molar-refractivity contribution >= 4 is 86.5 Å². The number of carbonyl (C=O) groups is 9. The van der Waals surface area contributed by atoms with Crippen molar-refractivity contribution in [2.24, 2.45) is 0 Å². The number of sulfonamides is 1. The van der Waals surface area contributed by atoms with Crippen molar-refractivity contribution in [3.05, 3.63) is 237 Å². The number of anilines is 4. The van der Waals surface area contributed by atoms with E-state index in [1.165, 1.54) is 36.4 Å². The second-order valence-corrected chi connectivity index (χ2v) is 39.8. The van der Waals surface area contributed by atoms with Gasteiger partial charge in [0.25, 0.3) is 23.6 Å². The molecule has 16 rings (SSSR count). The summed E-state index contributed by atoms with van der Waals surface area (Å²) in [7, 11) is -1.52. The number of hydrogen-bond acceptors (Lipinski definition) is 22. The first-order chi connectivity index (χ1) is 70.6. The van der Waals surface area contributed by atoms with Gasteiger partial charge in [0.2, 0.25) is 33.7 Å². The molecule has 8 heterocycles. The van der Waals surface area contributed by atoms with E-state index in [-0.39, 0.29) is 108 Å². The quantitative estimate of drug-likeness (QED) is 0.0118. The molecule has 4 saturated heterocycles. The van der Waals surface area contributed by atoms with Crippen LogP contribution in [0, 0.1) is 11.5 Å².